The molecule has 2 rings (SSSR count). The normalized spacial score (nSPS) is 14.8. The van der Waals surface area contributed by atoms with Crippen LogP contribution >= 0.6 is 0 Å². The maximum atomic E-state index is 11.6. The van der Waals surface area contributed by atoms with Crippen molar-refractivity contribution in [3.63, 3.8) is 0 Å². The van der Waals surface area contributed by atoms with Crippen LogP contribution in [0.15, 0.2) is 6.33 Å². The lowest BCUT2D eigenvalue weighted by atomic mass is 10.2. The van der Waals surface area contributed by atoms with E-state index in [4.69, 9.17) is 0 Å². The first-order chi connectivity index (χ1) is 8.16. The molecule has 1 aliphatic rings. The summed E-state index contributed by atoms with van der Waals surface area (Å²) in [6.07, 6.45) is 3.37. The number of carbonyl (C=O) groups excluding carboxylic acids is 1. The minimum absolute atomic E-state index is 0.108. The molecule has 0 unspecified atom stereocenters. The van der Waals surface area contributed by atoms with Gasteiger partial charge in [0.05, 0.1) is 12.0 Å². The van der Waals surface area contributed by atoms with Gasteiger partial charge in [0, 0.05) is 44.2 Å². The Morgan fingerprint density at radius 3 is 3.24 bits per heavy atom. The second-order valence-corrected chi connectivity index (χ2v) is 4.73. The van der Waals surface area contributed by atoms with Gasteiger partial charge in [-0.1, -0.05) is 0 Å². The van der Waals surface area contributed by atoms with E-state index in [0.29, 0.717) is 6.42 Å². The Hall–Kier alpha value is -1.36. The second-order valence-electron chi connectivity index (χ2n) is 4.73. The maximum absolute atomic E-state index is 11.6. The Morgan fingerprint density at radius 1 is 1.65 bits per heavy atom. The number of imidazole rings is 1. The first kappa shape index (κ1) is 12.1. The van der Waals surface area contributed by atoms with Crippen LogP contribution in [0.5, 0.6) is 0 Å². The molecule has 0 aliphatic carbocycles. The highest BCUT2D eigenvalue weighted by atomic mass is 16.1. The third-order valence-corrected chi connectivity index (χ3v) is 2.89. The lowest BCUT2D eigenvalue weighted by Gasteiger charge is -2.15. The molecule has 17 heavy (non-hydrogen) atoms. The van der Waals surface area contributed by atoms with Crippen LogP contribution in [-0.4, -0.2) is 28.0 Å². The van der Waals surface area contributed by atoms with Gasteiger partial charge in [-0.2, -0.15) is 0 Å². The summed E-state index contributed by atoms with van der Waals surface area (Å²) in [6, 6.07) is 0.211. The summed E-state index contributed by atoms with van der Waals surface area (Å²) in [5.74, 6) is 0.108. The minimum Gasteiger partial charge on any atom is -0.354 e. The number of hydrogen-bond donors (Lipinski definition) is 2. The molecule has 1 aromatic rings. The number of fused-ring (bicyclic) bond motifs is 1. The van der Waals surface area contributed by atoms with Crippen LogP contribution in [0.4, 0.5) is 0 Å². The molecule has 1 aliphatic heterocycles. The van der Waals surface area contributed by atoms with Crippen molar-refractivity contribution >= 4 is 5.91 Å². The molecular formula is C12H20N4O. The highest BCUT2D eigenvalue weighted by Gasteiger charge is 2.15. The summed E-state index contributed by atoms with van der Waals surface area (Å²) in [6.45, 7) is 6.52. The zero-order chi connectivity index (χ0) is 12.3. The van der Waals surface area contributed by atoms with Gasteiger partial charge in [0.25, 0.3) is 0 Å². The van der Waals surface area contributed by atoms with E-state index in [-0.39, 0.29) is 11.9 Å². The van der Waals surface area contributed by atoms with Crippen molar-refractivity contribution < 1.29 is 4.79 Å². The Bertz CT molecular complexity index is 397. The molecule has 0 bridgehead atoms. The van der Waals surface area contributed by atoms with Gasteiger partial charge in [-0.25, -0.2) is 4.98 Å². The molecule has 1 aromatic heterocycles. The summed E-state index contributed by atoms with van der Waals surface area (Å²) in [4.78, 5) is 15.9. The van der Waals surface area contributed by atoms with Gasteiger partial charge in [0.1, 0.15) is 0 Å². The molecule has 5 heteroatoms. The SMILES string of the molecule is CC(C)NC(=O)CCn1cnc2c1CCNC2. The first-order valence-electron chi connectivity index (χ1n) is 6.20. The van der Waals surface area contributed by atoms with Gasteiger partial charge < -0.3 is 15.2 Å². The molecule has 0 aromatic carbocycles. The quantitative estimate of drug-likeness (QED) is 0.797. The van der Waals surface area contributed by atoms with E-state index < -0.39 is 0 Å². The zero-order valence-corrected chi connectivity index (χ0v) is 10.5. The number of nitrogens with one attached hydrogen (secondary N) is 2. The molecule has 0 radical (unpaired) electrons. The Kier molecular flexibility index (Phi) is 3.78. The van der Waals surface area contributed by atoms with E-state index in [0.717, 1.165) is 31.7 Å². The lowest BCUT2D eigenvalue weighted by molar-refractivity contribution is -0.121. The zero-order valence-electron chi connectivity index (χ0n) is 10.5. The molecule has 2 N–H and O–H groups in total. The minimum atomic E-state index is 0.108. The Balaban J connectivity index is 1.91. The van der Waals surface area contributed by atoms with Crippen LogP contribution < -0.4 is 10.6 Å². The van der Waals surface area contributed by atoms with Crippen LogP contribution in [0.1, 0.15) is 31.7 Å². The standard InChI is InChI=1S/C12H20N4O/c1-9(2)15-12(17)4-6-16-8-14-10-7-13-5-3-11(10)16/h8-9,13H,3-7H2,1-2H3,(H,15,17). The van der Waals surface area contributed by atoms with Crippen LogP contribution in [0.25, 0.3) is 0 Å². The second kappa shape index (κ2) is 5.31. The fourth-order valence-electron chi connectivity index (χ4n) is 2.11. The van der Waals surface area contributed by atoms with Crippen LogP contribution in [0.3, 0.4) is 0 Å². The highest BCUT2D eigenvalue weighted by molar-refractivity contribution is 5.76. The molecule has 0 saturated heterocycles. The molecule has 94 valence electrons. The average molecular weight is 236 g/mol. The molecule has 0 atom stereocenters. The third-order valence-electron chi connectivity index (χ3n) is 2.89. The molecule has 0 saturated carbocycles. The van der Waals surface area contributed by atoms with E-state index in [1.807, 2.05) is 20.2 Å². The number of hydrogen-bond acceptors (Lipinski definition) is 3. The smallest absolute Gasteiger partial charge is 0.221 e. The van der Waals surface area contributed by atoms with Gasteiger partial charge in [-0.05, 0) is 13.8 Å². The molecule has 0 spiro atoms. The van der Waals surface area contributed by atoms with Gasteiger partial charge >= 0.3 is 0 Å². The van der Waals surface area contributed by atoms with Crippen molar-refractivity contribution in [1.82, 2.24) is 20.2 Å². The molecule has 5 nitrogen and oxygen atoms in total. The molecule has 0 fully saturated rings. The highest BCUT2D eigenvalue weighted by Crippen LogP contribution is 2.12. The average Bonchev–Trinajstić information content (AvgIpc) is 2.69. The lowest BCUT2D eigenvalue weighted by Crippen LogP contribution is -2.31. The van der Waals surface area contributed by atoms with E-state index in [1.54, 1.807) is 0 Å². The number of nitrogens with zero attached hydrogens (tertiary/aromatic N) is 2. The van der Waals surface area contributed by atoms with Crippen molar-refractivity contribution in [2.75, 3.05) is 6.54 Å². The number of carbonyl (C=O) groups is 1. The topological polar surface area (TPSA) is 59.0 Å². The fourth-order valence-corrected chi connectivity index (χ4v) is 2.11. The van der Waals surface area contributed by atoms with Crippen LogP contribution in [0, 0.1) is 0 Å². The predicted octanol–water partition coefficient (Wildman–Crippen LogP) is 0.443. The van der Waals surface area contributed by atoms with Crippen LogP contribution in [-0.2, 0) is 24.3 Å². The third kappa shape index (κ3) is 3.06. The largest absolute Gasteiger partial charge is 0.354 e. The Labute approximate surface area is 102 Å². The van der Waals surface area contributed by atoms with E-state index >= 15 is 0 Å². The van der Waals surface area contributed by atoms with Crippen molar-refractivity contribution in [1.29, 1.82) is 0 Å². The summed E-state index contributed by atoms with van der Waals surface area (Å²) >= 11 is 0. The van der Waals surface area contributed by atoms with Gasteiger partial charge in [0.15, 0.2) is 0 Å². The van der Waals surface area contributed by atoms with Crippen molar-refractivity contribution in [3.8, 4) is 0 Å². The summed E-state index contributed by atoms with van der Waals surface area (Å²) in [5, 5.41) is 6.19. The van der Waals surface area contributed by atoms with E-state index in [2.05, 4.69) is 20.2 Å². The van der Waals surface area contributed by atoms with Crippen molar-refractivity contribution in [3.05, 3.63) is 17.7 Å². The summed E-state index contributed by atoms with van der Waals surface area (Å²) < 4.78 is 2.11. The maximum Gasteiger partial charge on any atom is 0.221 e. The Morgan fingerprint density at radius 2 is 2.47 bits per heavy atom. The van der Waals surface area contributed by atoms with Crippen molar-refractivity contribution in [2.24, 2.45) is 0 Å². The predicted molar refractivity (Wildman–Crippen MR) is 65.5 cm³/mol. The van der Waals surface area contributed by atoms with E-state index in [1.165, 1.54) is 5.69 Å². The first-order valence-corrected chi connectivity index (χ1v) is 6.20. The number of rotatable bonds is 4. The molecule has 1 amide bonds. The van der Waals surface area contributed by atoms with Crippen molar-refractivity contribution in [2.45, 2.75) is 45.8 Å². The molecule has 2 heterocycles. The van der Waals surface area contributed by atoms with Gasteiger partial charge in [-0.3, -0.25) is 4.79 Å². The number of aromatic nitrogens is 2. The monoisotopic (exact) mass is 236 g/mol. The van der Waals surface area contributed by atoms with Crippen LogP contribution in [0.2, 0.25) is 0 Å². The van der Waals surface area contributed by atoms with Gasteiger partial charge in [-0.15, -0.1) is 0 Å². The molecular weight excluding hydrogens is 216 g/mol. The number of amides is 1. The summed E-state index contributed by atoms with van der Waals surface area (Å²) in [5.41, 5.74) is 2.40. The van der Waals surface area contributed by atoms with Gasteiger partial charge in [0.2, 0.25) is 5.91 Å². The van der Waals surface area contributed by atoms with E-state index in [9.17, 15) is 4.79 Å². The number of aryl methyl sites for hydroxylation is 1. The fraction of sp³-hybridized carbons (Fsp3) is 0.667. The summed E-state index contributed by atoms with van der Waals surface area (Å²) in [7, 11) is 0.